The number of rotatable bonds is 5. The maximum Gasteiger partial charge on any atom is 0.640 e. The second-order valence-corrected chi connectivity index (χ2v) is 35.8. The molecule has 3 aliphatic rings. The zero-order valence-corrected chi connectivity index (χ0v) is 44.4. The molecule has 0 bridgehead atoms. The molecule has 0 aliphatic carbocycles. The van der Waals surface area contributed by atoms with Crippen LogP contribution in [0.5, 0.6) is 0 Å². The van der Waals surface area contributed by atoms with Gasteiger partial charge in [0.15, 0.2) is 0 Å². The predicted molar refractivity (Wildman–Crippen MR) is 253 cm³/mol. The monoisotopic (exact) mass is 882 g/mol. The third kappa shape index (κ3) is 17.9. The minimum Gasteiger partial charge on any atom is -0.411 e. The van der Waals surface area contributed by atoms with E-state index in [1.807, 2.05) is 76.2 Å². The molecule has 4 rings (SSSR count). The molecule has 0 aromatic carbocycles. The van der Waals surface area contributed by atoms with Crippen molar-refractivity contribution >= 4 is 74.4 Å². The van der Waals surface area contributed by atoms with Crippen LogP contribution in [0.2, 0.25) is 58.9 Å². The molecule has 11 nitrogen and oxygen atoms in total. The smallest absolute Gasteiger partial charge is 0.411 e. The molecule has 4 heterocycles. The van der Waals surface area contributed by atoms with Crippen LogP contribution < -0.4 is 10.8 Å². The average Bonchev–Trinajstić information content (AvgIpc) is 3.63. The lowest BCUT2D eigenvalue weighted by Gasteiger charge is -2.32. The third-order valence-corrected chi connectivity index (χ3v) is 13.7. The van der Waals surface area contributed by atoms with Gasteiger partial charge in [0.2, 0.25) is 0 Å². The summed E-state index contributed by atoms with van der Waals surface area (Å²) in [7, 11) is -5.31. The number of nitrogens with zero attached hydrogens (tertiary/aromatic N) is 2. The van der Waals surface area contributed by atoms with Crippen LogP contribution >= 0.6 is 11.6 Å². The summed E-state index contributed by atoms with van der Waals surface area (Å²) in [6, 6.07) is 0. The highest BCUT2D eigenvalue weighted by atomic mass is 35.5. The lowest BCUT2D eigenvalue weighted by atomic mass is 9.79. The summed E-state index contributed by atoms with van der Waals surface area (Å²) in [6.45, 7) is 50.1. The fourth-order valence-electron chi connectivity index (χ4n) is 4.43. The van der Waals surface area contributed by atoms with Crippen molar-refractivity contribution < 1.29 is 42.3 Å². The minimum atomic E-state index is -1.61. The zero-order valence-electron chi connectivity index (χ0n) is 40.7. The van der Waals surface area contributed by atoms with Crippen molar-refractivity contribution in [2.45, 2.75) is 202 Å². The van der Waals surface area contributed by atoms with Gasteiger partial charge in [-0.2, -0.15) is 0 Å². The normalized spacial score (nSPS) is 20.9. The van der Waals surface area contributed by atoms with Crippen LogP contribution in [0.3, 0.4) is 0 Å². The maximum atomic E-state index is 7.55. The van der Waals surface area contributed by atoms with Crippen molar-refractivity contribution in [3.05, 3.63) is 5.69 Å². The fraction of sp³-hybridized carbons (Fsp3) is 0.800. The second kappa shape index (κ2) is 21.2. The summed E-state index contributed by atoms with van der Waals surface area (Å²) < 4.78 is 46.1. The van der Waals surface area contributed by atoms with Gasteiger partial charge in [-0.05, 0) is 104 Å². The highest BCUT2D eigenvalue weighted by Gasteiger charge is 2.55. The molecular weight excluding hydrogens is 805 g/mol. The maximum absolute atomic E-state index is 7.55. The van der Waals surface area contributed by atoms with Gasteiger partial charge in [-0.3, -0.25) is 0 Å². The van der Waals surface area contributed by atoms with E-state index in [1.54, 1.807) is 0 Å². The molecule has 58 heavy (non-hydrogen) atoms. The second-order valence-electron chi connectivity index (χ2n) is 21.0. The number of terminal acetylenes is 1. The summed E-state index contributed by atoms with van der Waals surface area (Å²) in [5.41, 5.74) is 6.08. The van der Waals surface area contributed by atoms with Gasteiger partial charge in [-0.25, -0.2) is 0 Å². The number of hydrogen-bond donors (Lipinski definition) is 1. The summed E-state index contributed by atoms with van der Waals surface area (Å²) in [6.07, 6.45) is 6.43. The lowest BCUT2D eigenvalue weighted by molar-refractivity contribution is 0.00578. The van der Waals surface area contributed by atoms with Crippen molar-refractivity contribution in [2.24, 2.45) is 5.16 Å². The van der Waals surface area contributed by atoms with E-state index in [-0.39, 0.29) is 59.8 Å². The molecule has 0 radical (unpaired) electrons. The first-order valence-corrected chi connectivity index (χ1v) is 31.2. The SMILES string of the molecule is C#C[Si](C)(C)C.CC(C)OB1OC(C)(C)C(C)(C)O1.CC1(C)OB(C#C[Si](C)(C)C)OC1(C)C.Cc1noc([Si](C)(C)C)c1B1OC(C)(C)C(C)(C)O1.O/N=C/CCl. The molecule has 0 atom stereocenters. The van der Waals surface area contributed by atoms with Crippen molar-refractivity contribution in [1.29, 1.82) is 0 Å². The number of oxime groups is 1. The van der Waals surface area contributed by atoms with Gasteiger partial charge in [-0.15, -0.1) is 34.3 Å². The first-order chi connectivity index (χ1) is 25.7. The molecule has 0 spiro atoms. The van der Waals surface area contributed by atoms with E-state index < -0.39 is 31.5 Å². The van der Waals surface area contributed by atoms with E-state index in [0.717, 1.165) is 16.5 Å². The van der Waals surface area contributed by atoms with Crippen molar-refractivity contribution in [3.63, 3.8) is 0 Å². The minimum absolute atomic E-state index is 0.120. The highest BCUT2D eigenvalue weighted by molar-refractivity contribution is 6.91. The first kappa shape index (κ1) is 56.7. The number of aryl methyl sites for hydroxylation is 1. The van der Waals surface area contributed by atoms with Gasteiger partial charge in [0, 0.05) is 11.6 Å². The predicted octanol–water partition coefficient (Wildman–Crippen LogP) is 8.51. The largest absolute Gasteiger partial charge is 0.640 e. The van der Waals surface area contributed by atoms with Crippen LogP contribution in [-0.4, -0.2) is 108 Å². The Bertz CT molecular complexity index is 1530. The van der Waals surface area contributed by atoms with Gasteiger partial charge >= 0.3 is 21.6 Å². The number of halogens is 1. The summed E-state index contributed by atoms with van der Waals surface area (Å²) in [5, 5.41) is 15.2. The molecule has 18 heteroatoms. The molecule has 330 valence electrons. The van der Waals surface area contributed by atoms with Gasteiger partial charge < -0.3 is 42.3 Å². The average molecular weight is 883 g/mol. The van der Waals surface area contributed by atoms with Crippen molar-refractivity contribution in [3.8, 4) is 23.3 Å². The summed E-state index contributed by atoms with van der Waals surface area (Å²) >= 11 is 4.99. The van der Waals surface area contributed by atoms with E-state index in [0.29, 0.717) is 0 Å². The Morgan fingerprint density at radius 1 is 0.741 bits per heavy atom. The van der Waals surface area contributed by atoms with Crippen LogP contribution in [0, 0.1) is 30.3 Å². The molecule has 1 aromatic rings. The van der Waals surface area contributed by atoms with Crippen LogP contribution in [0.25, 0.3) is 0 Å². The zero-order chi connectivity index (χ0) is 46.1. The first-order valence-electron chi connectivity index (χ1n) is 20.1. The third-order valence-electron chi connectivity index (χ3n) is 10.1. The highest BCUT2D eigenvalue weighted by Crippen LogP contribution is 2.38. The van der Waals surface area contributed by atoms with Crippen LogP contribution in [0.15, 0.2) is 9.68 Å². The van der Waals surface area contributed by atoms with Crippen LogP contribution in [-0.2, 0) is 32.6 Å². The van der Waals surface area contributed by atoms with Gasteiger partial charge in [0.1, 0.15) is 29.6 Å². The molecule has 3 fully saturated rings. The topological polar surface area (TPSA) is 123 Å². The number of aromatic nitrogens is 1. The molecule has 3 aliphatic heterocycles. The Morgan fingerprint density at radius 3 is 1.41 bits per heavy atom. The van der Waals surface area contributed by atoms with E-state index in [1.165, 1.54) is 6.21 Å². The Kier molecular flexibility index (Phi) is 20.7. The molecule has 0 saturated carbocycles. The van der Waals surface area contributed by atoms with Gasteiger partial charge in [0.05, 0.1) is 51.4 Å². The number of alkyl halides is 1. The fourth-order valence-corrected chi connectivity index (χ4v) is 6.47. The van der Waals surface area contributed by atoms with Crippen LogP contribution in [0.1, 0.15) is 103 Å². The van der Waals surface area contributed by atoms with E-state index in [4.69, 9.17) is 60.3 Å². The molecular formula is C40H78B3ClN2O9Si3. The van der Waals surface area contributed by atoms with E-state index >= 15 is 0 Å². The molecule has 1 aromatic heterocycles. The quantitative estimate of drug-likeness (QED) is 0.0770. The van der Waals surface area contributed by atoms with E-state index in [2.05, 4.69) is 114 Å². The molecule has 1 N–H and O–H groups in total. The van der Waals surface area contributed by atoms with E-state index in [9.17, 15) is 0 Å². The Morgan fingerprint density at radius 2 is 1.12 bits per heavy atom. The van der Waals surface area contributed by atoms with Gasteiger partial charge in [0.25, 0.3) is 0 Å². The molecule has 3 saturated heterocycles. The molecule has 0 unspecified atom stereocenters. The summed E-state index contributed by atoms with van der Waals surface area (Å²) in [4.78, 5) is 0. The Labute approximate surface area is 363 Å². The summed E-state index contributed by atoms with van der Waals surface area (Å²) in [5.74, 6) is 3.37. The van der Waals surface area contributed by atoms with Crippen LogP contribution in [0.4, 0.5) is 0 Å². The standard InChI is InChI=1S/C13H24BNO3Si.C11H21BO2Si.C9H19BO3.C5H10Si.C2H4ClNO/c1-9-10(11(16-15-9)19(6,7)8)14-17-12(2,3)13(4,5)18-14;1-10(2)11(3,4)14-12(13-10)8-9-15(5,6)7;1-7(2)11-10-12-8(3,4)9(5,6)13-10;1-5-6(2,3)4;3-1-2-4-5/h1-8H3;1-7H3;7H,1-6H3;1H,2-4H3;2,5H,1H2/b;;;;4-2+. The van der Waals surface area contributed by atoms with Crippen molar-refractivity contribution in [1.82, 2.24) is 5.16 Å². The Balaban J connectivity index is 0.000000754. The number of hydrogen-bond acceptors (Lipinski definition) is 11. The Hall–Kier alpha value is -1.34. The lowest BCUT2D eigenvalue weighted by Crippen LogP contribution is -2.53. The van der Waals surface area contributed by atoms with Crippen molar-refractivity contribution in [2.75, 3.05) is 5.88 Å². The van der Waals surface area contributed by atoms with Gasteiger partial charge in [-0.1, -0.05) is 69.9 Å². The molecule has 0 amide bonds.